The van der Waals surface area contributed by atoms with Crippen molar-refractivity contribution in [1.82, 2.24) is 9.97 Å². The van der Waals surface area contributed by atoms with Crippen LogP contribution >= 0.6 is 11.6 Å². The number of aromatic carboxylic acids is 1. The molecule has 0 aliphatic carbocycles. The van der Waals surface area contributed by atoms with Gasteiger partial charge in [0, 0.05) is 11.8 Å². The van der Waals surface area contributed by atoms with Gasteiger partial charge in [0.05, 0.1) is 16.3 Å². The van der Waals surface area contributed by atoms with Crippen LogP contribution in [0, 0.1) is 0 Å². The molecule has 0 fully saturated rings. The number of carbonyl (C=O) groups is 1. The molecule has 0 spiro atoms. The van der Waals surface area contributed by atoms with Crippen molar-refractivity contribution in [2.75, 3.05) is 0 Å². The fraction of sp³-hybridized carbons (Fsp3) is 0.214. The highest BCUT2D eigenvalue weighted by molar-refractivity contribution is 6.33. The maximum Gasteiger partial charge on any atom is 0.339 e. The highest BCUT2D eigenvalue weighted by atomic mass is 35.5. The van der Waals surface area contributed by atoms with Gasteiger partial charge in [-0.1, -0.05) is 37.1 Å². The zero-order valence-corrected chi connectivity index (χ0v) is 11.2. The minimum absolute atomic E-state index is 0.151. The van der Waals surface area contributed by atoms with Crippen LogP contribution in [0.25, 0.3) is 11.4 Å². The maximum atomic E-state index is 11.1. The molecule has 1 heterocycles. The molecule has 0 aliphatic heterocycles. The molecule has 0 saturated heterocycles. The summed E-state index contributed by atoms with van der Waals surface area (Å²) in [5.41, 5.74) is 1.40. The number of carboxylic acids is 1. The van der Waals surface area contributed by atoms with Crippen molar-refractivity contribution < 1.29 is 9.90 Å². The number of aryl methyl sites for hydroxylation is 1. The minimum atomic E-state index is -1.01. The van der Waals surface area contributed by atoms with E-state index in [0.29, 0.717) is 28.5 Å². The standard InChI is InChI=1S/C14H13ClN2O2/c1-2-5-12-10(14(18)19)8-16-13(17-12)9-6-3-4-7-11(9)15/h3-4,6-8H,2,5H2,1H3,(H,18,19). The van der Waals surface area contributed by atoms with Gasteiger partial charge in [-0.15, -0.1) is 0 Å². The van der Waals surface area contributed by atoms with E-state index >= 15 is 0 Å². The predicted octanol–water partition coefficient (Wildman–Crippen LogP) is 3.45. The molecule has 0 amide bonds. The number of hydrogen-bond acceptors (Lipinski definition) is 3. The first-order valence-electron chi connectivity index (χ1n) is 5.97. The first-order valence-corrected chi connectivity index (χ1v) is 6.35. The highest BCUT2D eigenvalue weighted by Crippen LogP contribution is 2.25. The summed E-state index contributed by atoms with van der Waals surface area (Å²) in [7, 11) is 0. The Kier molecular flexibility index (Phi) is 4.12. The van der Waals surface area contributed by atoms with E-state index in [1.807, 2.05) is 25.1 Å². The predicted molar refractivity (Wildman–Crippen MR) is 73.4 cm³/mol. The van der Waals surface area contributed by atoms with Gasteiger partial charge in [-0.05, 0) is 18.6 Å². The van der Waals surface area contributed by atoms with E-state index in [2.05, 4.69) is 9.97 Å². The zero-order chi connectivity index (χ0) is 13.8. The molecular weight excluding hydrogens is 264 g/mol. The van der Waals surface area contributed by atoms with Gasteiger partial charge in [0.1, 0.15) is 0 Å². The van der Waals surface area contributed by atoms with Crippen LogP contribution in [0.1, 0.15) is 29.4 Å². The Morgan fingerprint density at radius 3 is 2.74 bits per heavy atom. The van der Waals surface area contributed by atoms with Crippen LogP contribution < -0.4 is 0 Å². The van der Waals surface area contributed by atoms with Crippen molar-refractivity contribution in [1.29, 1.82) is 0 Å². The van der Waals surface area contributed by atoms with E-state index in [4.69, 9.17) is 16.7 Å². The molecule has 5 heteroatoms. The lowest BCUT2D eigenvalue weighted by Crippen LogP contribution is -2.07. The maximum absolute atomic E-state index is 11.1. The third-order valence-corrected chi connectivity index (χ3v) is 3.03. The monoisotopic (exact) mass is 276 g/mol. The smallest absolute Gasteiger partial charge is 0.339 e. The topological polar surface area (TPSA) is 63.1 Å². The highest BCUT2D eigenvalue weighted by Gasteiger charge is 2.14. The molecule has 0 radical (unpaired) electrons. The fourth-order valence-electron chi connectivity index (χ4n) is 1.80. The van der Waals surface area contributed by atoms with Crippen molar-refractivity contribution in [3.8, 4) is 11.4 Å². The van der Waals surface area contributed by atoms with Gasteiger partial charge in [-0.2, -0.15) is 0 Å². The van der Waals surface area contributed by atoms with Gasteiger partial charge in [-0.25, -0.2) is 14.8 Å². The third-order valence-electron chi connectivity index (χ3n) is 2.70. The van der Waals surface area contributed by atoms with E-state index in [1.165, 1.54) is 6.20 Å². The molecule has 1 aromatic carbocycles. The average molecular weight is 277 g/mol. The van der Waals surface area contributed by atoms with Crippen LogP contribution in [0.3, 0.4) is 0 Å². The molecular formula is C14H13ClN2O2. The van der Waals surface area contributed by atoms with E-state index < -0.39 is 5.97 Å². The number of carboxylic acid groups (broad SMARTS) is 1. The summed E-state index contributed by atoms with van der Waals surface area (Å²) >= 11 is 6.09. The average Bonchev–Trinajstić information content (AvgIpc) is 2.39. The largest absolute Gasteiger partial charge is 0.478 e. The van der Waals surface area contributed by atoms with Crippen LogP contribution in [0.2, 0.25) is 5.02 Å². The van der Waals surface area contributed by atoms with Gasteiger partial charge < -0.3 is 5.11 Å². The molecule has 98 valence electrons. The van der Waals surface area contributed by atoms with Gasteiger partial charge in [0.25, 0.3) is 0 Å². The fourth-order valence-corrected chi connectivity index (χ4v) is 2.02. The second-order valence-electron chi connectivity index (χ2n) is 4.09. The minimum Gasteiger partial charge on any atom is -0.478 e. The Hall–Kier alpha value is -1.94. The molecule has 0 saturated carbocycles. The molecule has 19 heavy (non-hydrogen) atoms. The van der Waals surface area contributed by atoms with E-state index in [0.717, 1.165) is 6.42 Å². The molecule has 0 atom stereocenters. The number of nitrogens with zero attached hydrogens (tertiary/aromatic N) is 2. The van der Waals surface area contributed by atoms with Gasteiger partial charge >= 0.3 is 5.97 Å². The SMILES string of the molecule is CCCc1nc(-c2ccccc2Cl)ncc1C(=O)O. The van der Waals surface area contributed by atoms with Crippen LogP contribution in [-0.2, 0) is 6.42 Å². The summed E-state index contributed by atoms with van der Waals surface area (Å²) in [6.07, 6.45) is 2.76. The van der Waals surface area contributed by atoms with E-state index in [9.17, 15) is 4.79 Å². The van der Waals surface area contributed by atoms with E-state index in [1.54, 1.807) is 6.07 Å². The number of hydrogen-bond donors (Lipinski definition) is 1. The number of aromatic nitrogens is 2. The Balaban J connectivity index is 2.52. The summed E-state index contributed by atoms with van der Waals surface area (Å²) < 4.78 is 0. The Morgan fingerprint density at radius 2 is 2.11 bits per heavy atom. The molecule has 1 aromatic heterocycles. The molecule has 2 rings (SSSR count). The van der Waals surface area contributed by atoms with Crippen LogP contribution in [0.5, 0.6) is 0 Å². The van der Waals surface area contributed by atoms with Crippen molar-refractivity contribution in [2.45, 2.75) is 19.8 Å². The van der Waals surface area contributed by atoms with E-state index in [-0.39, 0.29) is 5.56 Å². The van der Waals surface area contributed by atoms with Crippen molar-refractivity contribution in [2.24, 2.45) is 0 Å². The lowest BCUT2D eigenvalue weighted by atomic mass is 10.1. The molecule has 0 unspecified atom stereocenters. The van der Waals surface area contributed by atoms with Gasteiger partial charge in [-0.3, -0.25) is 0 Å². The quantitative estimate of drug-likeness (QED) is 0.929. The summed E-state index contributed by atoms with van der Waals surface area (Å²) in [6.45, 7) is 1.98. The summed E-state index contributed by atoms with van der Waals surface area (Å²) in [5.74, 6) is -0.548. The second-order valence-corrected chi connectivity index (χ2v) is 4.50. The molecule has 0 bridgehead atoms. The van der Waals surface area contributed by atoms with Gasteiger partial charge in [0.15, 0.2) is 5.82 Å². The third kappa shape index (κ3) is 2.90. The normalized spacial score (nSPS) is 10.4. The Morgan fingerprint density at radius 1 is 1.37 bits per heavy atom. The molecule has 1 N–H and O–H groups in total. The van der Waals surface area contributed by atoms with Crippen molar-refractivity contribution >= 4 is 17.6 Å². The zero-order valence-electron chi connectivity index (χ0n) is 10.4. The van der Waals surface area contributed by atoms with Crippen molar-refractivity contribution in [3.63, 3.8) is 0 Å². The first-order chi connectivity index (χ1) is 9.13. The van der Waals surface area contributed by atoms with Crippen molar-refractivity contribution in [3.05, 3.63) is 46.7 Å². The lowest BCUT2D eigenvalue weighted by Gasteiger charge is -2.07. The van der Waals surface area contributed by atoms with Gasteiger partial charge in [0.2, 0.25) is 0 Å². The second kappa shape index (κ2) is 5.80. The Bertz CT molecular complexity index is 614. The number of halogens is 1. The Labute approximate surface area is 116 Å². The van der Waals surface area contributed by atoms with Crippen LogP contribution in [-0.4, -0.2) is 21.0 Å². The van der Waals surface area contributed by atoms with Crippen LogP contribution in [0.4, 0.5) is 0 Å². The molecule has 4 nitrogen and oxygen atoms in total. The number of benzene rings is 1. The summed E-state index contributed by atoms with van der Waals surface area (Å²) in [4.78, 5) is 19.5. The summed E-state index contributed by atoms with van der Waals surface area (Å²) in [6, 6.07) is 7.23. The first kappa shape index (κ1) is 13.5. The number of rotatable bonds is 4. The summed E-state index contributed by atoms with van der Waals surface area (Å²) in [5, 5.41) is 9.65. The molecule has 0 aliphatic rings. The van der Waals surface area contributed by atoms with Crippen LogP contribution in [0.15, 0.2) is 30.5 Å². The lowest BCUT2D eigenvalue weighted by molar-refractivity contribution is 0.0694. The molecule has 2 aromatic rings.